The highest BCUT2D eigenvalue weighted by Gasteiger charge is 2.42. The third-order valence-corrected chi connectivity index (χ3v) is 8.00. The zero-order chi connectivity index (χ0) is 28.1. The lowest BCUT2D eigenvalue weighted by Gasteiger charge is -2.47. The molecule has 2 aliphatic heterocycles. The standard InChI is InChI=1S/C29H34ClFN6O2/c1-18-11-20(12-21(31)24(18)30)36-16-28(2,3)25-26(36)33-14-22(34-25)27(38)37-10-9-35(17-29(37,4)5)23-8-7-19(13-32-23)15-39-6/h7-8,11-14H,9-10,15-17H2,1-6H3. The smallest absolute Gasteiger partial charge is 0.274 e. The SMILES string of the molecule is COCc1ccc(N2CCN(C(=O)c3cnc4c(n3)C(C)(C)CN4c3cc(C)c(Cl)c(F)c3)C(C)(C)C2)nc1. The molecule has 0 unspecified atom stereocenters. The predicted molar refractivity (Wildman–Crippen MR) is 150 cm³/mol. The third-order valence-electron chi connectivity index (χ3n) is 7.52. The highest BCUT2D eigenvalue weighted by molar-refractivity contribution is 6.31. The summed E-state index contributed by atoms with van der Waals surface area (Å²) in [5.41, 5.74) is 2.52. The summed E-state index contributed by atoms with van der Waals surface area (Å²) in [6.07, 6.45) is 3.36. The van der Waals surface area contributed by atoms with Crippen molar-refractivity contribution in [2.24, 2.45) is 0 Å². The molecule has 0 atom stereocenters. The molecule has 39 heavy (non-hydrogen) atoms. The molecular formula is C29H34ClFN6O2. The number of halogens is 2. The minimum Gasteiger partial charge on any atom is -0.380 e. The Morgan fingerprint density at radius 1 is 1.10 bits per heavy atom. The van der Waals surface area contributed by atoms with E-state index >= 15 is 0 Å². The Labute approximate surface area is 233 Å². The Morgan fingerprint density at radius 2 is 1.87 bits per heavy atom. The molecule has 2 aliphatic rings. The zero-order valence-electron chi connectivity index (χ0n) is 23.3. The maximum Gasteiger partial charge on any atom is 0.274 e. The van der Waals surface area contributed by atoms with Crippen molar-refractivity contribution in [3.63, 3.8) is 0 Å². The van der Waals surface area contributed by atoms with Crippen LogP contribution in [0.5, 0.6) is 0 Å². The normalized spacial score (nSPS) is 17.9. The first-order valence-electron chi connectivity index (χ1n) is 13.0. The molecule has 1 aromatic carbocycles. The molecule has 8 nitrogen and oxygen atoms in total. The molecule has 4 heterocycles. The number of amides is 1. The van der Waals surface area contributed by atoms with Crippen LogP contribution in [0.2, 0.25) is 5.02 Å². The van der Waals surface area contributed by atoms with Gasteiger partial charge in [-0.2, -0.15) is 0 Å². The molecule has 0 spiro atoms. The van der Waals surface area contributed by atoms with Crippen molar-refractivity contribution in [3.05, 3.63) is 70.0 Å². The largest absolute Gasteiger partial charge is 0.380 e. The summed E-state index contributed by atoms with van der Waals surface area (Å²) in [5, 5.41) is 0.117. The molecule has 3 aromatic rings. The van der Waals surface area contributed by atoms with E-state index in [0.717, 1.165) is 17.1 Å². The number of aromatic nitrogens is 3. The van der Waals surface area contributed by atoms with E-state index in [4.69, 9.17) is 21.3 Å². The summed E-state index contributed by atoms with van der Waals surface area (Å²) in [5.74, 6) is 0.883. The predicted octanol–water partition coefficient (Wildman–Crippen LogP) is 5.29. The van der Waals surface area contributed by atoms with Crippen LogP contribution < -0.4 is 9.80 Å². The van der Waals surface area contributed by atoms with Gasteiger partial charge in [0, 0.05) is 50.6 Å². The Balaban J connectivity index is 1.38. The molecule has 0 saturated carbocycles. The van der Waals surface area contributed by atoms with Gasteiger partial charge in [-0.1, -0.05) is 31.5 Å². The molecule has 206 valence electrons. The zero-order valence-corrected chi connectivity index (χ0v) is 24.0. The van der Waals surface area contributed by atoms with E-state index in [1.54, 1.807) is 14.0 Å². The number of ether oxygens (including phenoxy) is 1. The van der Waals surface area contributed by atoms with E-state index in [-0.39, 0.29) is 10.9 Å². The van der Waals surface area contributed by atoms with Gasteiger partial charge in [0.15, 0.2) is 5.82 Å². The second kappa shape index (κ2) is 10.0. The van der Waals surface area contributed by atoms with E-state index in [9.17, 15) is 9.18 Å². The third kappa shape index (κ3) is 5.05. The minimum absolute atomic E-state index is 0.117. The lowest BCUT2D eigenvalue weighted by molar-refractivity contribution is 0.0506. The lowest BCUT2D eigenvalue weighted by atomic mass is 9.92. The molecule has 1 saturated heterocycles. The van der Waals surface area contributed by atoms with E-state index in [1.165, 1.54) is 12.3 Å². The summed E-state index contributed by atoms with van der Waals surface area (Å²) in [7, 11) is 1.66. The van der Waals surface area contributed by atoms with Gasteiger partial charge < -0.3 is 19.4 Å². The topological polar surface area (TPSA) is 74.7 Å². The van der Waals surface area contributed by atoms with Gasteiger partial charge in [0.05, 0.1) is 29.1 Å². The number of pyridine rings is 1. The van der Waals surface area contributed by atoms with Gasteiger partial charge in [-0.15, -0.1) is 0 Å². The number of piperazine rings is 1. The van der Waals surface area contributed by atoms with Crippen LogP contribution in [0.15, 0.2) is 36.7 Å². The summed E-state index contributed by atoms with van der Waals surface area (Å²) in [4.78, 5) is 33.9. The van der Waals surface area contributed by atoms with Gasteiger partial charge in [-0.3, -0.25) is 4.79 Å². The fraction of sp³-hybridized carbons (Fsp3) is 0.448. The number of hydrogen-bond donors (Lipinski definition) is 0. The molecule has 1 amide bonds. The van der Waals surface area contributed by atoms with Crippen LogP contribution in [0.1, 0.15) is 55.0 Å². The minimum atomic E-state index is -0.472. The Kier molecular flexibility index (Phi) is 7.01. The van der Waals surface area contributed by atoms with Gasteiger partial charge in [0.1, 0.15) is 17.3 Å². The van der Waals surface area contributed by atoms with Crippen molar-refractivity contribution in [1.82, 2.24) is 19.9 Å². The number of rotatable bonds is 5. The van der Waals surface area contributed by atoms with Crippen LogP contribution in [0.4, 0.5) is 21.7 Å². The summed E-state index contributed by atoms with van der Waals surface area (Å²) >= 11 is 6.05. The summed E-state index contributed by atoms with van der Waals surface area (Å²) < 4.78 is 19.6. The van der Waals surface area contributed by atoms with Crippen molar-refractivity contribution >= 4 is 34.8 Å². The van der Waals surface area contributed by atoms with E-state index in [2.05, 4.69) is 42.6 Å². The van der Waals surface area contributed by atoms with E-state index < -0.39 is 16.8 Å². The number of carbonyl (C=O) groups excluding carboxylic acids is 1. The van der Waals surface area contributed by atoms with Gasteiger partial charge in [0.25, 0.3) is 5.91 Å². The van der Waals surface area contributed by atoms with Crippen LogP contribution in [-0.2, 0) is 16.8 Å². The van der Waals surface area contributed by atoms with Crippen LogP contribution in [0, 0.1) is 12.7 Å². The van der Waals surface area contributed by atoms with Crippen molar-refractivity contribution in [1.29, 1.82) is 0 Å². The Morgan fingerprint density at radius 3 is 2.51 bits per heavy atom. The number of fused-ring (bicyclic) bond motifs is 1. The number of anilines is 3. The fourth-order valence-corrected chi connectivity index (χ4v) is 5.59. The van der Waals surface area contributed by atoms with Gasteiger partial charge >= 0.3 is 0 Å². The van der Waals surface area contributed by atoms with Crippen molar-refractivity contribution < 1.29 is 13.9 Å². The van der Waals surface area contributed by atoms with Crippen LogP contribution in [-0.4, -0.2) is 64.6 Å². The number of benzene rings is 1. The van der Waals surface area contributed by atoms with Crippen molar-refractivity contribution in [3.8, 4) is 0 Å². The number of nitrogens with zero attached hydrogens (tertiary/aromatic N) is 6. The maximum absolute atomic E-state index is 14.4. The number of carbonyl (C=O) groups is 1. The average molecular weight is 553 g/mol. The molecule has 0 aliphatic carbocycles. The van der Waals surface area contributed by atoms with E-state index in [0.29, 0.717) is 55.5 Å². The van der Waals surface area contributed by atoms with Crippen molar-refractivity contribution in [2.75, 3.05) is 43.1 Å². The highest BCUT2D eigenvalue weighted by Crippen LogP contribution is 2.43. The number of methoxy groups -OCH3 is 1. The Bertz CT molecular complexity index is 1390. The molecule has 1 fully saturated rings. The molecule has 0 radical (unpaired) electrons. The molecule has 10 heteroatoms. The number of aryl methyl sites for hydroxylation is 1. The lowest BCUT2D eigenvalue weighted by Crippen LogP contribution is -2.61. The van der Waals surface area contributed by atoms with Crippen LogP contribution in [0.25, 0.3) is 0 Å². The Hall–Kier alpha value is -3.30. The fourth-order valence-electron chi connectivity index (χ4n) is 5.48. The van der Waals surface area contributed by atoms with Gasteiger partial charge in [-0.25, -0.2) is 19.3 Å². The molecular weight excluding hydrogens is 519 g/mol. The molecule has 2 aromatic heterocycles. The maximum atomic E-state index is 14.4. The first kappa shape index (κ1) is 27.3. The second-order valence-electron chi connectivity index (χ2n) is 11.6. The molecule has 0 bridgehead atoms. The summed E-state index contributed by atoms with van der Waals surface area (Å²) in [6, 6.07) is 7.28. The van der Waals surface area contributed by atoms with Gasteiger partial charge in [-0.05, 0) is 50.1 Å². The van der Waals surface area contributed by atoms with Crippen molar-refractivity contribution in [2.45, 2.75) is 52.2 Å². The van der Waals surface area contributed by atoms with E-state index in [1.807, 2.05) is 34.2 Å². The second-order valence-corrected chi connectivity index (χ2v) is 12.0. The molecule has 0 N–H and O–H groups in total. The van der Waals surface area contributed by atoms with Crippen LogP contribution >= 0.6 is 11.6 Å². The quantitative estimate of drug-likeness (QED) is 0.426. The average Bonchev–Trinajstić information content (AvgIpc) is 3.16. The highest BCUT2D eigenvalue weighted by atomic mass is 35.5. The van der Waals surface area contributed by atoms with Crippen LogP contribution in [0.3, 0.4) is 0 Å². The molecule has 5 rings (SSSR count). The number of hydrogen-bond acceptors (Lipinski definition) is 7. The summed E-state index contributed by atoms with van der Waals surface area (Å²) in [6.45, 7) is 12.9. The first-order chi connectivity index (χ1) is 18.4. The van der Waals surface area contributed by atoms with Gasteiger partial charge in [0.2, 0.25) is 0 Å². The first-order valence-corrected chi connectivity index (χ1v) is 13.4. The monoisotopic (exact) mass is 552 g/mol.